The Morgan fingerprint density at radius 1 is 1.05 bits per heavy atom. The molecular formula is C17H18N2O3. The van der Waals surface area contributed by atoms with Crippen LogP contribution in [-0.2, 0) is 11.2 Å². The Hall–Kier alpha value is -2.69. The predicted molar refractivity (Wildman–Crippen MR) is 86.1 cm³/mol. The molecule has 0 spiro atoms. The van der Waals surface area contributed by atoms with Crippen molar-refractivity contribution in [3.63, 3.8) is 0 Å². The van der Waals surface area contributed by atoms with Crippen LogP contribution in [0.2, 0.25) is 0 Å². The Morgan fingerprint density at radius 2 is 1.73 bits per heavy atom. The summed E-state index contributed by atoms with van der Waals surface area (Å²) in [5.41, 5.74) is 4.47. The molecule has 0 aliphatic rings. The Bertz CT molecular complexity index is 739. The topological polar surface area (TPSA) is 72.2 Å². The van der Waals surface area contributed by atoms with Gasteiger partial charge in [0.05, 0.1) is 17.0 Å². The molecule has 0 atom stereocenters. The monoisotopic (exact) mass is 298 g/mol. The molecule has 22 heavy (non-hydrogen) atoms. The number of nitrogens with one attached hydrogen (secondary N) is 1. The van der Waals surface area contributed by atoms with Crippen molar-refractivity contribution in [3.8, 4) is 0 Å². The highest BCUT2D eigenvalue weighted by Gasteiger charge is 2.11. The van der Waals surface area contributed by atoms with Crippen molar-refractivity contribution in [1.82, 2.24) is 0 Å². The van der Waals surface area contributed by atoms with E-state index >= 15 is 0 Å². The Kier molecular flexibility index (Phi) is 4.56. The molecule has 2 aromatic rings. The van der Waals surface area contributed by atoms with E-state index in [9.17, 15) is 14.9 Å². The summed E-state index contributed by atoms with van der Waals surface area (Å²) in [5.74, 6) is -0.188. The quantitative estimate of drug-likeness (QED) is 0.691. The van der Waals surface area contributed by atoms with Gasteiger partial charge in [0.15, 0.2) is 0 Å². The molecule has 0 bridgehead atoms. The molecule has 5 heteroatoms. The first-order valence-electron chi connectivity index (χ1n) is 6.98. The summed E-state index contributed by atoms with van der Waals surface area (Å²) in [6.45, 7) is 5.82. The van der Waals surface area contributed by atoms with Crippen molar-refractivity contribution >= 4 is 17.3 Å². The van der Waals surface area contributed by atoms with Gasteiger partial charge >= 0.3 is 0 Å². The minimum absolute atomic E-state index is 0.0351. The van der Waals surface area contributed by atoms with Crippen molar-refractivity contribution in [2.75, 3.05) is 5.32 Å². The number of anilines is 1. The fourth-order valence-electron chi connectivity index (χ4n) is 2.15. The van der Waals surface area contributed by atoms with E-state index in [1.807, 2.05) is 32.0 Å². The number of amides is 1. The molecule has 2 aromatic carbocycles. The predicted octanol–water partition coefficient (Wildman–Crippen LogP) is 3.70. The fraction of sp³-hybridized carbons (Fsp3) is 0.235. The van der Waals surface area contributed by atoms with E-state index < -0.39 is 4.92 Å². The number of hydrogen-bond donors (Lipinski definition) is 1. The lowest BCUT2D eigenvalue weighted by Gasteiger charge is -2.09. The zero-order valence-corrected chi connectivity index (χ0v) is 12.8. The SMILES string of the molecule is Cc1ccc(CC(=O)Nc2cc([N+](=O)[O-])ccc2C)cc1C. The smallest absolute Gasteiger partial charge is 0.271 e. The van der Waals surface area contributed by atoms with E-state index in [0.717, 1.165) is 16.7 Å². The van der Waals surface area contributed by atoms with Crippen LogP contribution in [0.5, 0.6) is 0 Å². The second-order valence-corrected chi connectivity index (χ2v) is 5.40. The molecule has 0 unspecified atom stereocenters. The van der Waals surface area contributed by atoms with Gasteiger partial charge in [-0.25, -0.2) is 0 Å². The molecule has 0 aliphatic carbocycles. The first-order valence-corrected chi connectivity index (χ1v) is 6.98. The minimum atomic E-state index is -0.474. The van der Waals surface area contributed by atoms with Crippen molar-refractivity contribution in [1.29, 1.82) is 0 Å². The number of nitrogens with zero attached hydrogens (tertiary/aromatic N) is 1. The van der Waals surface area contributed by atoms with Crippen molar-refractivity contribution < 1.29 is 9.72 Å². The van der Waals surface area contributed by atoms with Crippen molar-refractivity contribution in [2.24, 2.45) is 0 Å². The van der Waals surface area contributed by atoms with E-state index in [2.05, 4.69) is 5.32 Å². The van der Waals surface area contributed by atoms with E-state index in [1.54, 1.807) is 13.0 Å². The van der Waals surface area contributed by atoms with Gasteiger partial charge in [0.2, 0.25) is 5.91 Å². The summed E-state index contributed by atoms with van der Waals surface area (Å²) in [4.78, 5) is 22.5. The number of aryl methyl sites for hydroxylation is 3. The molecule has 1 amide bonds. The number of nitro groups is 1. The Labute approximate surface area is 129 Å². The normalized spacial score (nSPS) is 10.3. The molecule has 0 aliphatic heterocycles. The lowest BCUT2D eigenvalue weighted by Crippen LogP contribution is -2.15. The summed E-state index contributed by atoms with van der Waals surface area (Å²) in [6.07, 6.45) is 0.239. The third kappa shape index (κ3) is 3.69. The first kappa shape index (κ1) is 15.7. The van der Waals surface area contributed by atoms with Crippen LogP contribution in [0.1, 0.15) is 22.3 Å². The van der Waals surface area contributed by atoms with Gasteiger partial charge in [0.25, 0.3) is 5.69 Å². The number of rotatable bonds is 4. The highest BCUT2D eigenvalue weighted by molar-refractivity contribution is 5.93. The van der Waals surface area contributed by atoms with Crippen LogP contribution in [0.25, 0.3) is 0 Å². The number of benzene rings is 2. The average Bonchev–Trinajstić information content (AvgIpc) is 2.45. The summed E-state index contributed by atoms with van der Waals surface area (Å²) in [7, 11) is 0. The highest BCUT2D eigenvalue weighted by Crippen LogP contribution is 2.22. The largest absolute Gasteiger partial charge is 0.325 e. The van der Waals surface area contributed by atoms with Gasteiger partial charge in [-0.1, -0.05) is 24.3 Å². The van der Waals surface area contributed by atoms with E-state index in [1.165, 1.54) is 17.7 Å². The van der Waals surface area contributed by atoms with Gasteiger partial charge in [-0.15, -0.1) is 0 Å². The highest BCUT2D eigenvalue weighted by atomic mass is 16.6. The van der Waals surface area contributed by atoms with E-state index in [4.69, 9.17) is 0 Å². The zero-order chi connectivity index (χ0) is 16.3. The number of carbonyl (C=O) groups excluding carboxylic acids is 1. The van der Waals surface area contributed by atoms with Gasteiger partial charge in [-0.3, -0.25) is 14.9 Å². The van der Waals surface area contributed by atoms with Gasteiger partial charge < -0.3 is 5.32 Å². The molecule has 5 nitrogen and oxygen atoms in total. The van der Waals surface area contributed by atoms with Crippen molar-refractivity contribution in [2.45, 2.75) is 27.2 Å². The number of hydrogen-bond acceptors (Lipinski definition) is 3. The molecule has 1 N–H and O–H groups in total. The molecule has 0 heterocycles. The van der Waals surface area contributed by atoms with Crippen LogP contribution in [0.3, 0.4) is 0 Å². The maximum Gasteiger partial charge on any atom is 0.271 e. The van der Waals surface area contributed by atoms with E-state index in [-0.39, 0.29) is 18.0 Å². The number of non-ortho nitro benzene ring substituents is 1. The summed E-state index contributed by atoms with van der Waals surface area (Å²) >= 11 is 0. The second-order valence-electron chi connectivity index (χ2n) is 5.40. The van der Waals surface area contributed by atoms with Crippen LogP contribution < -0.4 is 5.32 Å². The third-order valence-corrected chi connectivity index (χ3v) is 3.64. The van der Waals surface area contributed by atoms with E-state index in [0.29, 0.717) is 5.69 Å². The summed E-state index contributed by atoms with van der Waals surface area (Å²) < 4.78 is 0. The molecule has 0 saturated heterocycles. The molecule has 0 saturated carbocycles. The number of nitro benzene ring substituents is 1. The molecule has 0 fully saturated rings. The minimum Gasteiger partial charge on any atom is -0.325 e. The lowest BCUT2D eigenvalue weighted by molar-refractivity contribution is -0.384. The summed E-state index contributed by atoms with van der Waals surface area (Å²) in [6, 6.07) is 10.3. The summed E-state index contributed by atoms with van der Waals surface area (Å²) in [5, 5.41) is 13.5. The van der Waals surface area contributed by atoms with Gasteiger partial charge in [0.1, 0.15) is 0 Å². The van der Waals surface area contributed by atoms with Gasteiger partial charge in [0, 0.05) is 12.1 Å². The molecular weight excluding hydrogens is 280 g/mol. The standard InChI is InChI=1S/C17H18N2O3/c1-11-4-6-14(8-13(11)3)9-17(20)18-16-10-15(19(21)22)7-5-12(16)2/h4-8,10H,9H2,1-3H3,(H,18,20). The Balaban J connectivity index is 2.13. The van der Waals surface area contributed by atoms with Crippen LogP contribution in [0.15, 0.2) is 36.4 Å². The third-order valence-electron chi connectivity index (χ3n) is 3.64. The van der Waals surface area contributed by atoms with Gasteiger partial charge in [-0.05, 0) is 43.0 Å². The fourth-order valence-corrected chi connectivity index (χ4v) is 2.15. The molecule has 2 rings (SSSR count). The number of carbonyl (C=O) groups is 1. The Morgan fingerprint density at radius 3 is 2.36 bits per heavy atom. The van der Waals surface area contributed by atoms with Crippen molar-refractivity contribution in [3.05, 3.63) is 68.8 Å². The average molecular weight is 298 g/mol. The van der Waals surface area contributed by atoms with Crippen LogP contribution in [0, 0.1) is 30.9 Å². The lowest BCUT2D eigenvalue weighted by atomic mass is 10.0. The van der Waals surface area contributed by atoms with Gasteiger partial charge in [-0.2, -0.15) is 0 Å². The maximum absolute atomic E-state index is 12.1. The maximum atomic E-state index is 12.1. The molecule has 0 radical (unpaired) electrons. The zero-order valence-electron chi connectivity index (χ0n) is 12.8. The van der Waals surface area contributed by atoms with Crippen LogP contribution in [-0.4, -0.2) is 10.8 Å². The van der Waals surface area contributed by atoms with Crippen LogP contribution >= 0.6 is 0 Å². The van der Waals surface area contributed by atoms with Crippen LogP contribution in [0.4, 0.5) is 11.4 Å². The molecule has 0 aromatic heterocycles. The second kappa shape index (κ2) is 6.39. The first-order chi connectivity index (χ1) is 10.4. The molecule has 114 valence electrons.